The lowest BCUT2D eigenvalue weighted by Gasteiger charge is -2.56. The summed E-state index contributed by atoms with van der Waals surface area (Å²) in [5.74, 6) is 2.34. The molecule has 4 bridgehead atoms. The zero-order valence-corrected chi connectivity index (χ0v) is 22.7. The van der Waals surface area contributed by atoms with Crippen LogP contribution in [0, 0.1) is 23.2 Å². The van der Waals surface area contributed by atoms with Crippen molar-refractivity contribution >= 4 is 17.7 Å². The molecule has 0 radical (unpaired) electrons. The van der Waals surface area contributed by atoms with Gasteiger partial charge in [-0.25, -0.2) is 8.42 Å². The van der Waals surface area contributed by atoms with Crippen LogP contribution in [0.5, 0.6) is 11.5 Å². The third-order valence-electron chi connectivity index (χ3n) is 8.03. The van der Waals surface area contributed by atoms with E-state index in [1.165, 1.54) is 5.41 Å². The molecular formula is C30H31O6PS. The maximum absolute atomic E-state index is 14.4. The number of phosphoric acid groups is 1. The molecule has 0 aliphatic heterocycles. The maximum atomic E-state index is 14.4. The van der Waals surface area contributed by atoms with Crippen LogP contribution in [0.3, 0.4) is 0 Å². The minimum atomic E-state index is -4.35. The Morgan fingerprint density at radius 3 is 1.58 bits per heavy atom. The molecule has 0 aromatic heterocycles. The molecular weight excluding hydrogens is 519 g/mol. The van der Waals surface area contributed by atoms with Gasteiger partial charge < -0.3 is 13.6 Å². The summed E-state index contributed by atoms with van der Waals surface area (Å²) < 4.78 is 59.7. The van der Waals surface area contributed by atoms with Crippen molar-refractivity contribution in [1.82, 2.24) is 0 Å². The quantitative estimate of drug-likeness (QED) is 0.200. The van der Waals surface area contributed by atoms with Gasteiger partial charge in [-0.1, -0.05) is 54.6 Å². The highest BCUT2D eigenvalue weighted by molar-refractivity contribution is 7.94. The number of sulfone groups is 1. The fraction of sp³-hybridized carbons (Fsp3) is 0.333. The Hall–Kier alpha value is -3.02. The number of allylic oxidation sites excluding steroid dienone is 1. The predicted molar refractivity (Wildman–Crippen MR) is 145 cm³/mol. The summed E-state index contributed by atoms with van der Waals surface area (Å²) in [5, 5.41) is 1.19. The maximum Gasteiger partial charge on any atom is 0.646 e. The van der Waals surface area contributed by atoms with Crippen LogP contribution < -0.4 is 9.05 Å². The van der Waals surface area contributed by atoms with E-state index < -0.39 is 23.1 Å². The second kappa shape index (κ2) is 9.94. The minimum Gasteiger partial charge on any atom is -0.389 e. The zero-order chi connectivity index (χ0) is 26.2. The zero-order valence-electron chi connectivity index (χ0n) is 21.0. The van der Waals surface area contributed by atoms with E-state index in [9.17, 15) is 13.0 Å². The molecule has 6 nitrogen and oxygen atoms in total. The molecule has 8 heteroatoms. The Balaban J connectivity index is 1.44. The molecule has 3 aromatic rings. The second-order valence-corrected chi connectivity index (χ2v) is 14.1. The monoisotopic (exact) mass is 550 g/mol. The van der Waals surface area contributed by atoms with Gasteiger partial charge in [-0.05, 0) is 92.7 Å². The first kappa shape index (κ1) is 25.3. The van der Waals surface area contributed by atoms with Gasteiger partial charge >= 0.3 is 7.82 Å². The molecule has 0 heterocycles. The van der Waals surface area contributed by atoms with E-state index in [4.69, 9.17) is 13.6 Å². The van der Waals surface area contributed by atoms with E-state index in [0.717, 1.165) is 38.5 Å². The van der Waals surface area contributed by atoms with Gasteiger partial charge in [0.05, 0.1) is 10.3 Å². The smallest absolute Gasteiger partial charge is 0.389 e. The normalized spacial score (nSPS) is 26.6. The molecule has 0 amide bonds. The number of hydrogen-bond acceptors (Lipinski definition) is 6. The summed E-state index contributed by atoms with van der Waals surface area (Å²) in [7, 11) is -8.24. The highest BCUT2D eigenvalue weighted by Crippen LogP contribution is 2.65. The van der Waals surface area contributed by atoms with Crippen LogP contribution in [-0.2, 0) is 18.9 Å². The van der Waals surface area contributed by atoms with Crippen LogP contribution in [0.15, 0.2) is 107 Å². The van der Waals surface area contributed by atoms with E-state index in [2.05, 4.69) is 0 Å². The molecule has 198 valence electrons. The van der Waals surface area contributed by atoms with Crippen molar-refractivity contribution in [3.8, 4) is 11.5 Å². The highest BCUT2D eigenvalue weighted by atomic mass is 32.2. The van der Waals surface area contributed by atoms with Crippen molar-refractivity contribution in [2.24, 2.45) is 23.2 Å². The Morgan fingerprint density at radius 1 is 0.711 bits per heavy atom. The van der Waals surface area contributed by atoms with Gasteiger partial charge in [0.15, 0.2) is 0 Å². The Morgan fingerprint density at radius 2 is 1.13 bits per heavy atom. The van der Waals surface area contributed by atoms with Crippen molar-refractivity contribution in [3.63, 3.8) is 0 Å². The third-order valence-corrected chi connectivity index (χ3v) is 10.8. The number of hydrogen-bond donors (Lipinski definition) is 0. The molecule has 0 unspecified atom stereocenters. The standard InChI is InChI=1S/C30H31O6PS/c31-37(34-26-10-4-1-5-11-26,35-27-12-6-2-7-13-27)36-29(22-38(32,33)28-14-8-3-9-15-28)30-19-23-16-24(20-30)18-25(17-23)21-30/h1-15,22-25H,16-21H2/b29-22-. The van der Waals surface area contributed by atoms with Crippen molar-refractivity contribution < 1.29 is 26.6 Å². The summed E-state index contributed by atoms with van der Waals surface area (Å²) in [5.41, 5.74) is -0.521. The molecule has 4 saturated carbocycles. The van der Waals surface area contributed by atoms with Crippen LogP contribution in [0.2, 0.25) is 0 Å². The lowest BCUT2D eigenvalue weighted by Crippen LogP contribution is -2.47. The van der Waals surface area contributed by atoms with Gasteiger partial charge in [-0.2, -0.15) is 4.57 Å². The summed E-state index contributed by atoms with van der Waals surface area (Å²) >= 11 is 0. The summed E-state index contributed by atoms with van der Waals surface area (Å²) in [6.07, 6.45) is 5.92. The molecule has 0 saturated heterocycles. The largest absolute Gasteiger partial charge is 0.646 e. The molecule has 0 N–H and O–H groups in total. The van der Waals surface area contributed by atoms with E-state index in [0.29, 0.717) is 29.3 Å². The van der Waals surface area contributed by atoms with E-state index in [1.54, 1.807) is 78.9 Å². The third kappa shape index (κ3) is 5.27. The van der Waals surface area contributed by atoms with Crippen LogP contribution in [0.25, 0.3) is 0 Å². The van der Waals surface area contributed by atoms with E-state index >= 15 is 0 Å². The van der Waals surface area contributed by atoms with Crippen molar-refractivity contribution in [2.75, 3.05) is 0 Å². The highest BCUT2D eigenvalue weighted by Gasteiger charge is 2.55. The Labute approximate surface area is 224 Å². The van der Waals surface area contributed by atoms with Crippen LogP contribution >= 0.6 is 7.82 Å². The van der Waals surface area contributed by atoms with E-state index in [-0.39, 0.29) is 10.7 Å². The molecule has 38 heavy (non-hydrogen) atoms. The summed E-state index contributed by atoms with van der Waals surface area (Å²) in [6, 6.07) is 25.6. The minimum absolute atomic E-state index is 0.161. The molecule has 0 spiro atoms. The molecule has 4 aliphatic rings. The van der Waals surface area contributed by atoms with Crippen LogP contribution in [0.4, 0.5) is 0 Å². The molecule has 4 aliphatic carbocycles. The average Bonchev–Trinajstić information content (AvgIpc) is 2.89. The molecule has 0 atom stereocenters. The predicted octanol–water partition coefficient (Wildman–Crippen LogP) is 7.80. The molecule has 3 aromatic carbocycles. The van der Waals surface area contributed by atoms with Gasteiger partial charge in [-0.15, -0.1) is 0 Å². The number of benzene rings is 3. The first-order valence-corrected chi connectivity index (χ1v) is 16.1. The average molecular weight is 551 g/mol. The Kier molecular flexibility index (Phi) is 6.61. The van der Waals surface area contributed by atoms with Crippen molar-refractivity contribution in [3.05, 3.63) is 102 Å². The molecule has 7 rings (SSSR count). The Bertz CT molecular complexity index is 1370. The summed E-state index contributed by atoms with van der Waals surface area (Å²) in [4.78, 5) is 0.161. The van der Waals surface area contributed by atoms with Gasteiger partial charge in [0.2, 0.25) is 9.84 Å². The number of para-hydroxylation sites is 2. The number of phosphoric ester groups is 1. The fourth-order valence-electron chi connectivity index (χ4n) is 6.87. The lowest BCUT2D eigenvalue weighted by molar-refractivity contribution is -0.0493. The van der Waals surface area contributed by atoms with E-state index in [1.807, 2.05) is 12.1 Å². The summed E-state index contributed by atoms with van der Waals surface area (Å²) in [6.45, 7) is 0. The van der Waals surface area contributed by atoms with Gasteiger partial charge in [-0.3, -0.25) is 0 Å². The van der Waals surface area contributed by atoms with Crippen molar-refractivity contribution in [2.45, 2.75) is 43.4 Å². The van der Waals surface area contributed by atoms with Crippen LogP contribution in [0.1, 0.15) is 38.5 Å². The van der Waals surface area contributed by atoms with Gasteiger partial charge in [0, 0.05) is 5.41 Å². The van der Waals surface area contributed by atoms with Crippen LogP contribution in [-0.4, -0.2) is 8.42 Å². The topological polar surface area (TPSA) is 78.9 Å². The SMILES string of the molecule is O=P(O/C(=C\S(=O)(=O)c1ccccc1)C12CC3CC(CC(C3)C1)C2)(Oc1ccccc1)Oc1ccccc1. The van der Waals surface area contributed by atoms with Crippen molar-refractivity contribution in [1.29, 1.82) is 0 Å². The first-order valence-electron chi connectivity index (χ1n) is 13.1. The molecule has 4 fully saturated rings. The second-order valence-electron chi connectivity index (χ2n) is 10.9. The lowest BCUT2D eigenvalue weighted by atomic mass is 9.49. The fourth-order valence-corrected chi connectivity index (χ4v) is 9.55. The number of rotatable bonds is 9. The first-order chi connectivity index (χ1) is 18.3. The van der Waals surface area contributed by atoms with Gasteiger partial charge in [0.1, 0.15) is 17.3 Å². The van der Waals surface area contributed by atoms with Gasteiger partial charge in [0.25, 0.3) is 0 Å².